The summed E-state index contributed by atoms with van der Waals surface area (Å²) >= 11 is 0. The maximum atomic E-state index is 12.4. The number of fused-ring (bicyclic) bond motifs is 2. The van der Waals surface area contributed by atoms with Crippen LogP contribution < -0.4 is 0 Å². The molecule has 3 aromatic heterocycles. The average Bonchev–Trinajstić information content (AvgIpc) is 4.13. The van der Waals surface area contributed by atoms with Crippen molar-refractivity contribution in [3.8, 4) is 5.82 Å². The molecule has 266 valence electrons. The largest absolute Gasteiger partial charge is 0.465 e. The Labute approximate surface area is 308 Å². The van der Waals surface area contributed by atoms with E-state index in [-0.39, 0.29) is 11.9 Å². The fourth-order valence-corrected chi connectivity index (χ4v) is 7.11. The molecule has 0 aliphatic heterocycles. The van der Waals surface area contributed by atoms with Gasteiger partial charge in [0.25, 0.3) is 0 Å². The Hall–Kier alpha value is -6.02. The first-order valence-corrected chi connectivity index (χ1v) is 18.3. The lowest BCUT2D eigenvalue weighted by Gasteiger charge is -2.11. The van der Waals surface area contributed by atoms with Crippen LogP contribution in [0.3, 0.4) is 0 Å². The van der Waals surface area contributed by atoms with Gasteiger partial charge in [0.2, 0.25) is 0 Å². The number of hydrogen-bond acceptors (Lipinski definition) is 6. The molecule has 0 atom stereocenters. The zero-order valence-electron chi connectivity index (χ0n) is 30.3. The van der Waals surface area contributed by atoms with Crippen LogP contribution in [-0.4, -0.2) is 45.9 Å². The minimum atomic E-state index is -0.266. The first-order valence-electron chi connectivity index (χ1n) is 18.3. The fourth-order valence-electron chi connectivity index (χ4n) is 7.11. The van der Waals surface area contributed by atoms with Crippen molar-refractivity contribution in [2.45, 2.75) is 57.3 Å². The Morgan fingerprint density at radius 3 is 1.85 bits per heavy atom. The number of aromatic amines is 1. The van der Waals surface area contributed by atoms with Crippen molar-refractivity contribution in [1.29, 1.82) is 0 Å². The second kappa shape index (κ2) is 14.5. The van der Waals surface area contributed by atoms with Gasteiger partial charge in [-0.15, -0.1) is 5.10 Å². The highest BCUT2D eigenvalue weighted by atomic mass is 16.5. The minimum Gasteiger partial charge on any atom is -0.465 e. The van der Waals surface area contributed by atoms with E-state index in [1.807, 2.05) is 48.1 Å². The molecule has 2 fully saturated rings. The molecule has 0 bridgehead atoms. The second-order valence-corrected chi connectivity index (χ2v) is 14.2. The van der Waals surface area contributed by atoms with Gasteiger partial charge in [0.05, 0.1) is 36.6 Å². The van der Waals surface area contributed by atoms with Crippen molar-refractivity contribution >= 4 is 33.7 Å². The molecule has 7 aromatic rings. The third-order valence-corrected chi connectivity index (χ3v) is 10.4. The quantitative estimate of drug-likeness (QED) is 0.151. The molecule has 1 N–H and O–H groups in total. The van der Waals surface area contributed by atoms with Gasteiger partial charge in [-0.25, -0.2) is 9.59 Å². The number of aryl methyl sites for hydroxylation is 1. The Morgan fingerprint density at radius 2 is 1.28 bits per heavy atom. The zero-order chi connectivity index (χ0) is 36.5. The van der Waals surface area contributed by atoms with Gasteiger partial charge in [-0.1, -0.05) is 36.4 Å². The molecule has 0 radical (unpaired) electrons. The summed E-state index contributed by atoms with van der Waals surface area (Å²) in [5.41, 5.74) is 11.3. The molecular weight excluding hydrogens is 661 g/mol. The van der Waals surface area contributed by atoms with Crippen molar-refractivity contribution in [2.24, 2.45) is 0 Å². The summed E-state index contributed by atoms with van der Waals surface area (Å²) in [4.78, 5) is 27.7. The van der Waals surface area contributed by atoms with Crippen molar-refractivity contribution in [3.05, 3.63) is 160 Å². The van der Waals surface area contributed by atoms with Crippen LogP contribution >= 0.6 is 0 Å². The second-order valence-electron chi connectivity index (χ2n) is 14.2. The first-order chi connectivity index (χ1) is 25.9. The van der Waals surface area contributed by atoms with Gasteiger partial charge in [0.1, 0.15) is 0 Å². The summed E-state index contributed by atoms with van der Waals surface area (Å²) in [7, 11) is 2.89. The first kappa shape index (κ1) is 34.1. The Kier molecular flexibility index (Phi) is 9.35. The monoisotopic (exact) mass is 702 g/mol. The highest BCUT2D eigenvalue weighted by Gasteiger charge is 2.26. The van der Waals surface area contributed by atoms with Gasteiger partial charge in [-0.05, 0) is 157 Å². The lowest BCUT2D eigenvalue weighted by Crippen LogP contribution is -2.07. The Balaban J connectivity index is 0.000000156. The Morgan fingerprint density at radius 1 is 0.679 bits per heavy atom. The number of nitrogens with one attached hydrogen (secondary N) is 1. The van der Waals surface area contributed by atoms with Gasteiger partial charge in [0.15, 0.2) is 5.82 Å². The normalized spacial score (nSPS) is 13.8. The van der Waals surface area contributed by atoms with Crippen LogP contribution in [0.15, 0.2) is 109 Å². The number of rotatable bonds is 9. The highest BCUT2D eigenvalue weighted by Crippen LogP contribution is 2.41. The highest BCUT2D eigenvalue weighted by molar-refractivity contribution is 5.92. The number of hydrogen-bond donors (Lipinski definition) is 1. The van der Waals surface area contributed by atoms with Gasteiger partial charge in [0, 0.05) is 23.3 Å². The van der Waals surface area contributed by atoms with E-state index >= 15 is 0 Å². The third-order valence-electron chi connectivity index (χ3n) is 10.4. The standard InChI is InChI=1S/C25H23N3O2.C20H19NO2/c1-16-3-10-24(27-26-16)28-12-11-21-14-17(4-9-23(21)28)13-20-8-7-19(18-5-6-18)15-22(20)25(29)30-2;1-23-20(22)18-12-15(14-3-4-14)5-6-16(18)10-13-2-7-19-17(11-13)8-9-21-19/h3-4,7-12,14-15,18H,5-6,13H2,1-2H3;2,5-9,11-12,14,21H,3-4,10H2,1H3. The van der Waals surface area contributed by atoms with Gasteiger partial charge < -0.3 is 14.5 Å². The van der Waals surface area contributed by atoms with Crippen molar-refractivity contribution in [1.82, 2.24) is 19.7 Å². The zero-order valence-corrected chi connectivity index (χ0v) is 30.3. The number of ether oxygens (including phenoxy) is 2. The summed E-state index contributed by atoms with van der Waals surface area (Å²) in [6.07, 6.45) is 10.2. The Bertz CT molecular complexity index is 2450. The van der Waals surface area contributed by atoms with E-state index in [1.54, 1.807) is 0 Å². The molecule has 8 heteroatoms. The molecule has 2 aliphatic carbocycles. The molecule has 0 spiro atoms. The number of esters is 2. The summed E-state index contributed by atoms with van der Waals surface area (Å²) < 4.78 is 12.1. The lowest BCUT2D eigenvalue weighted by molar-refractivity contribution is 0.0590. The van der Waals surface area contributed by atoms with E-state index < -0.39 is 0 Å². The van der Waals surface area contributed by atoms with Gasteiger partial charge >= 0.3 is 11.9 Å². The molecule has 53 heavy (non-hydrogen) atoms. The number of carbonyl (C=O) groups excluding carboxylic acids is 2. The van der Waals surface area contributed by atoms with Crippen LogP contribution in [0.5, 0.6) is 0 Å². The van der Waals surface area contributed by atoms with Crippen molar-refractivity contribution in [3.63, 3.8) is 0 Å². The van der Waals surface area contributed by atoms with E-state index in [9.17, 15) is 9.59 Å². The van der Waals surface area contributed by atoms with Crippen LogP contribution in [0.25, 0.3) is 27.6 Å². The maximum absolute atomic E-state index is 12.4. The topological polar surface area (TPSA) is 99.1 Å². The molecule has 3 heterocycles. The number of nitrogens with zero attached hydrogens (tertiary/aromatic N) is 3. The number of benzene rings is 4. The van der Waals surface area contributed by atoms with Crippen LogP contribution in [0.4, 0.5) is 0 Å². The van der Waals surface area contributed by atoms with Crippen LogP contribution in [0, 0.1) is 6.92 Å². The lowest BCUT2D eigenvalue weighted by atomic mass is 9.96. The van der Waals surface area contributed by atoms with Gasteiger partial charge in [-0.2, -0.15) is 5.10 Å². The number of H-pyrrole nitrogens is 1. The predicted molar refractivity (Wildman–Crippen MR) is 207 cm³/mol. The molecule has 0 amide bonds. The van der Waals surface area contributed by atoms with E-state index in [1.165, 1.54) is 62.0 Å². The van der Waals surface area contributed by atoms with Crippen molar-refractivity contribution < 1.29 is 19.1 Å². The third kappa shape index (κ3) is 7.49. The van der Waals surface area contributed by atoms with E-state index in [4.69, 9.17) is 9.47 Å². The molecule has 0 unspecified atom stereocenters. The molecule has 2 aliphatic rings. The fraction of sp³-hybridized carbons (Fsp3) is 0.244. The molecular formula is C45H42N4O4. The SMILES string of the molecule is COC(=O)c1cc(C2CC2)ccc1Cc1ccc2[nH]ccc2c1.COC(=O)c1cc(C2CC2)ccc1Cc1ccc2c(ccn2-c2ccc(C)nn2)c1. The van der Waals surface area contributed by atoms with Crippen LogP contribution in [0.1, 0.15) is 97.3 Å². The molecule has 9 rings (SSSR count). The molecule has 4 aromatic carbocycles. The average molecular weight is 703 g/mol. The van der Waals surface area contributed by atoms with Crippen LogP contribution in [-0.2, 0) is 22.3 Å². The maximum Gasteiger partial charge on any atom is 0.338 e. The van der Waals surface area contributed by atoms with Crippen molar-refractivity contribution in [2.75, 3.05) is 14.2 Å². The van der Waals surface area contributed by atoms with Crippen LogP contribution in [0.2, 0.25) is 0 Å². The summed E-state index contributed by atoms with van der Waals surface area (Å²) in [6.45, 7) is 1.93. The predicted octanol–water partition coefficient (Wildman–Crippen LogP) is 9.41. The number of methoxy groups -OCH3 is 2. The molecule has 2 saturated carbocycles. The van der Waals surface area contributed by atoms with E-state index in [2.05, 4.69) is 88.0 Å². The minimum absolute atomic E-state index is 0.245. The molecule has 8 nitrogen and oxygen atoms in total. The summed E-state index contributed by atoms with van der Waals surface area (Å²) in [5, 5.41) is 10.8. The summed E-state index contributed by atoms with van der Waals surface area (Å²) in [6, 6.07) is 33.3. The number of aromatic nitrogens is 4. The summed E-state index contributed by atoms with van der Waals surface area (Å²) in [5.74, 6) is 1.52. The van der Waals surface area contributed by atoms with Gasteiger partial charge in [-0.3, -0.25) is 4.57 Å². The number of carbonyl (C=O) groups is 2. The smallest absolute Gasteiger partial charge is 0.338 e. The van der Waals surface area contributed by atoms with E-state index in [0.29, 0.717) is 29.4 Å². The molecule has 0 saturated heterocycles. The van der Waals surface area contributed by atoms with E-state index in [0.717, 1.165) is 51.0 Å².